The number of imidazole rings is 1. The number of aromatic nitrogens is 4. The molecule has 17 heavy (non-hydrogen) atoms. The molecule has 0 atom stereocenters. The van der Waals surface area contributed by atoms with E-state index in [1.807, 2.05) is 16.0 Å². The minimum Gasteiger partial charge on any atom is -0.390 e. The van der Waals surface area contributed by atoms with Gasteiger partial charge in [-0.3, -0.25) is 4.40 Å². The van der Waals surface area contributed by atoms with Gasteiger partial charge in [0.2, 0.25) is 0 Å². The zero-order chi connectivity index (χ0) is 11.7. The Kier molecular flexibility index (Phi) is 2.79. The van der Waals surface area contributed by atoms with Gasteiger partial charge in [0.05, 0.1) is 12.3 Å². The maximum atomic E-state index is 9.39. The van der Waals surface area contributed by atoms with Gasteiger partial charge in [-0.1, -0.05) is 0 Å². The van der Waals surface area contributed by atoms with E-state index in [0.29, 0.717) is 5.16 Å². The molecule has 0 aromatic carbocycles. The van der Waals surface area contributed by atoms with Gasteiger partial charge in [-0.05, 0) is 17.8 Å². The van der Waals surface area contributed by atoms with Gasteiger partial charge in [0, 0.05) is 24.0 Å². The third kappa shape index (κ3) is 1.92. The van der Waals surface area contributed by atoms with Crippen LogP contribution < -0.4 is 0 Å². The molecule has 3 aromatic rings. The monoisotopic (exact) mass is 264 g/mol. The van der Waals surface area contributed by atoms with Gasteiger partial charge in [-0.15, -0.1) is 11.3 Å². The minimum absolute atomic E-state index is 0.0485. The van der Waals surface area contributed by atoms with Crippen molar-refractivity contribution in [3.05, 3.63) is 35.7 Å². The lowest BCUT2D eigenvalue weighted by Crippen LogP contribution is -1.92. The lowest BCUT2D eigenvalue weighted by atomic mass is 10.5. The molecule has 86 valence electrons. The summed E-state index contributed by atoms with van der Waals surface area (Å²) in [4.78, 5) is 13.6. The van der Waals surface area contributed by atoms with Crippen molar-refractivity contribution in [3.8, 4) is 0 Å². The summed E-state index contributed by atoms with van der Waals surface area (Å²) >= 11 is 2.90. The number of fused-ring (bicyclic) bond motifs is 1. The Bertz CT molecular complexity index is 634. The van der Waals surface area contributed by atoms with Crippen LogP contribution in [0, 0.1) is 0 Å². The molecule has 3 rings (SSSR count). The molecule has 0 bridgehead atoms. The second-order valence-electron chi connectivity index (χ2n) is 3.21. The second kappa shape index (κ2) is 4.44. The molecule has 0 saturated heterocycles. The molecule has 0 aliphatic rings. The van der Waals surface area contributed by atoms with Crippen LogP contribution in [0.3, 0.4) is 0 Å². The van der Waals surface area contributed by atoms with Gasteiger partial charge in [-0.25, -0.2) is 15.0 Å². The molecular weight excluding hydrogens is 256 g/mol. The van der Waals surface area contributed by atoms with Gasteiger partial charge in [0.15, 0.2) is 10.1 Å². The Balaban J connectivity index is 2.02. The summed E-state index contributed by atoms with van der Waals surface area (Å²) in [6.07, 6.45) is 5.27. The number of thiazole rings is 1. The number of hydrogen-bond acceptors (Lipinski definition) is 6. The molecule has 7 heteroatoms. The van der Waals surface area contributed by atoms with Gasteiger partial charge >= 0.3 is 0 Å². The molecule has 0 saturated carbocycles. The smallest absolute Gasteiger partial charge is 0.195 e. The highest BCUT2D eigenvalue weighted by Gasteiger charge is 2.14. The van der Waals surface area contributed by atoms with Gasteiger partial charge in [0.1, 0.15) is 5.03 Å². The van der Waals surface area contributed by atoms with Crippen LogP contribution in [0.15, 0.2) is 40.2 Å². The maximum absolute atomic E-state index is 9.39. The average Bonchev–Trinajstić information content (AvgIpc) is 2.90. The van der Waals surface area contributed by atoms with Gasteiger partial charge < -0.3 is 5.11 Å². The number of hydrogen-bond donors (Lipinski definition) is 1. The van der Waals surface area contributed by atoms with Crippen molar-refractivity contribution in [1.82, 2.24) is 19.4 Å². The van der Waals surface area contributed by atoms with E-state index >= 15 is 0 Å². The third-order valence-electron chi connectivity index (χ3n) is 2.20. The van der Waals surface area contributed by atoms with Crippen molar-refractivity contribution in [2.45, 2.75) is 16.8 Å². The molecule has 0 radical (unpaired) electrons. The summed E-state index contributed by atoms with van der Waals surface area (Å²) in [6, 6.07) is 1.77. The molecular formula is C10H8N4OS2. The Morgan fingerprint density at radius 2 is 2.18 bits per heavy atom. The molecule has 0 aliphatic carbocycles. The van der Waals surface area contributed by atoms with Crippen LogP contribution in [0.2, 0.25) is 0 Å². The normalized spacial score (nSPS) is 11.1. The molecule has 1 N–H and O–H groups in total. The SMILES string of the molecule is OCc1c(Sc2ncccn2)nc2sccn12. The quantitative estimate of drug-likeness (QED) is 0.731. The first kappa shape index (κ1) is 10.7. The Labute approximate surface area is 105 Å². The fraction of sp³-hybridized carbons (Fsp3) is 0.100. The lowest BCUT2D eigenvalue weighted by Gasteiger charge is -1.98. The van der Waals surface area contributed by atoms with Crippen LogP contribution in [0.4, 0.5) is 0 Å². The minimum atomic E-state index is -0.0485. The third-order valence-corrected chi connectivity index (χ3v) is 3.87. The van der Waals surface area contributed by atoms with E-state index in [1.54, 1.807) is 18.5 Å². The molecule has 0 amide bonds. The van der Waals surface area contributed by atoms with E-state index < -0.39 is 0 Å². The van der Waals surface area contributed by atoms with Crippen molar-refractivity contribution in [3.63, 3.8) is 0 Å². The summed E-state index contributed by atoms with van der Waals surface area (Å²) in [5.74, 6) is 0. The van der Waals surface area contributed by atoms with Crippen molar-refractivity contribution >= 4 is 28.1 Å². The lowest BCUT2D eigenvalue weighted by molar-refractivity contribution is 0.272. The summed E-state index contributed by atoms with van der Waals surface area (Å²) in [6.45, 7) is -0.0485. The standard InChI is InChI=1S/C10H8N4OS2/c15-6-7-8(13-10-14(7)4-5-16-10)17-9-11-2-1-3-12-9/h1-5,15H,6H2. The Morgan fingerprint density at radius 1 is 1.35 bits per heavy atom. The number of aliphatic hydroxyl groups excluding tert-OH is 1. The van der Waals surface area contributed by atoms with Crippen LogP contribution in [-0.4, -0.2) is 24.5 Å². The molecule has 0 unspecified atom stereocenters. The molecule has 3 aromatic heterocycles. The Hall–Kier alpha value is -1.44. The fourth-order valence-electron chi connectivity index (χ4n) is 1.46. The largest absolute Gasteiger partial charge is 0.390 e. The van der Waals surface area contributed by atoms with Crippen molar-refractivity contribution < 1.29 is 5.11 Å². The van der Waals surface area contributed by atoms with Crippen molar-refractivity contribution in [2.75, 3.05) is 0 Å². The van der Waals surface area contributed by atoms with E-state index in [1.165, 1.54) is 23.1 Å². The molecule has 0 fully saturated rings. The molecule has 0 aliphatic heterocycles. The summed E-state index contributed by atoms with van der Waals surface area (Å²) in [5, 5.41) is 12.7. The first-order valence-corrected chi connectivity index (χ1v) is 6.58. The highest BCUT2D eigenvalue weighted by molar-refractivity contribution is 7.99. The van der Waals surface area contributed by atoms with Crippen molar-refractivity contribution in [1.29, 1.82) is 0 Å². The average molecular weight is 264 g/mol. The number of rotatable bonds is 3. The fourth-order valence-corrected chi connectivity index (χ4v) is 3.07. The first-order valence-electron chi connectivity index (χ1n) is 4.88. The van der Waals surface area contributed by atoms with Crippen LogP contribution in [0.5, 0.6) is 0 Å². The highest BCUT2D eigenvalue weighted by atomic mass is 32.2. The summed E-state index contributed by atoms with van der Waals surface area (Å²) in [7, 11) is 0. The van der Waals surface area contributed by atoms with Crippen LogP contribution >= 0.6 is 23.1 Å². The predicted molar refractivity (Wildman–Crippen MR) is 65.1 cm³/mol. The van der Waals surface area contributed by atoms with Crippen molar-refractivity contribution in [2.24, 2.45) is 0 Å². The highest BCUT2D eigenvalue weighted by Crippen LogP contribution is 2.29. The molecule has 5 nitrogen and oxygen atoms in total. The second-order valence-corrected chi connectivity index (χ2v) is 5.04. The molecule has 3 heterocycles. The predicted octanol–water partition coefficient (Wildman–Crippen LogP) is 1.83. The zero-order valence-corrected chi connectivity index (χ0v) is 10.3. The van der Waals surface area contributed by atoms with E-state index in [2.05, 4.69) is 15.0 Å². The number of aliphatic hydroxyl groups is 1. The van der Waals surface area contributed by atoms with Crippen LogP contribution in [0.25, 0.3) is 4.96 Å². The number of nitrogens with zero attached hydrogens (tertiary/aromatic N) is 4. The first-order chi connectivity index (χ1) is 8.38. The van der Waals surface area contributed by atoms with Crippen LogP contribution in [0.1, 0.15) is 5.69 Å². The van der Waals surface area contributed by atoms with E-state index in [4.69, 9.17) is 0 Å². The maximum Gasteiger partial charge on any atom is 0.195 e. The zero-order valence-electron chi connectivity index (χ0n) is 8.65. The van der Waals surface area contributed by atoms with E-state index in [-0.39, 0.29) is 6.61 Å². The Morgan fingerprint density at radius 3 is 2.94 bits per heavy atom. The summed E-state index contributed by atoms with van der Waals surface area (Å²) in [5.41, 5.74) is 0.777. The topological polar surface area (TPSA) is 63.3 Å². The van der Waals surface area contributed by atoms with Gasteiger partial charge in [0.25, 0.3) is 0 Å². The van der Waals surface area contributed by atoms with E-state index in [0.717, 1.165) is 15.7 Å². The van der Waals surface area contributed by atoms with Crippen LogP contribution in [-0.2, 0) is 6.61 Å². The summed E-state index contributed by atoms with van der Waals surface area (Å²) < 4.78 is 1.88. The van der Waals surface area contributed by atoms with E-state index in [9.17, 15) is 5.11 Å². The molecule has 0 spiro atoms. The van der Waals surface area contributed by atoms with Gasteiger partial charge in [-0.2, -0.15) is 0 Å².